The van der Waals surface area contributed by atoms with Crippen LogP contribution in [0.5, 0.6) is 5.75 Å². The van der Waals surface area contributed by atoms with Gasteiger partial charge >= 0.3 is 0 Å². The third-order valence-electron chi connectivity index (χ3n) is 6.37. The molecular formula is C26H29FN2O5. The smallest absolute Gasteiger partial charge is 0.295 e. The van der Waals surface area contributed by atoms with Crippen LogP contribution in [0, 0.1) is 12.7 Å². The van der Waals surface area contributed by atoms with E-state index in [1.165, 1.54) is 17.0 Å². The van der Waals surface area contributed by atoms with Gasteiger partial charge in [0.05, 0.1) is 31.9 Å². The maximum atomic E-state index is 13.6. The summed E-state index contributed by atoms with van der Waals surface area (Å²) in [6, 6.07) is 9.95. The van der Waals surface area contributed by atoms with E-state index in [-0.39, 0.29) is 11.3 Å². The molecule has 1 amide bonds. The Bertz CT molecular complexity index is 1090. The van der Waals surface area contributed by atoms with Crippen molar-refractivity contribution in [2.45, 2.75) is 19.4 Å². The topological polar surface area (TPSA) is 79.3 Å². The van der Waals surface area contributed by atoms with Gasteiger partial charge in [0.1, 0.15) is 17.3 Å². The number of carbonyl (C=O) groups excluding carboxylic acids is 2. The third-order valence-corrected chi connectivity index (χ3v) is 6.37. The van der Waals surface area contributed by atoms with Crippen LogP contribution in [0.25, 0.3) is 5.76 Å². The van der Waals surface area contributed by atoms with E-state index < -0.39 is 23.5 Å². The van der Waals surface area contributed by atoms with Gasteiger partial charge in [-0.3, -0.25) is 14.5 Å². The molecule has 1 N–H and O–H groups in total. The Morgan fingerprint density at radius 2 is 1.82 bits per heavy atom. The van der Waals surface area contributed by atoms with Gasteiger partial charge in [-0.15, -0.1) is 0 Å². The fourth-order valence-electron chi connectivity index (χ4n) is 4.57. The van der Waals surface area contributed by atoms with Gasteiger partial charge in [0, 0.05) is 31.7 Å². The molecule has 2 aliphatic rings. The van der Waals surface area contributed by atoms with E-state index >= 15 is 0 Å². The predicted octanol–water partition coefficient (Wildman–Crippen LogP) is 3.29. The lowest BCUT2D eigenvalue weighted by Crippen LogP contribution is -2.38. The van der Waals surface area contributed by atoms with E-state index in [0.29, 0.717) is 43.1 Å². The molecule has 0 unspecified atom stereocenters. The fraction of sp³-hybridized carbons (Fsp3) is 0.385. The summed E-state index contributed by atoms with van der Waals surface area (Å²) in [7, 11) is 1.55. The van der Waals surface area contributed by atoms with Crippen LogP contribution in [-0.4, -0.2) is 73.1 Å². The molecule has 180 valence electrons. The van der Waals surface area contributed by atoms with E-state index in [1.807, 2.05) is 6.92 Å². The predicted molar refractivity (Wildman–Crippen MR) is 125 cm³/mol. The van der Waals surface area contributed by atoms with Crippen molar-refractivity contribution in [2.24, 2.45) is 0 Å². The van der Waals surface area contributed by atoms with Crippen molar-refractivity contribution >= 4 is 17.4 Å². The van der Waals surface area contributed by atoms with Crippen molar-refractivity contribution in [1.82, 2.24) is 9.80 Å². The number of hydrogen-bond acceptors (Lipinski definition) is 6. The Kier molecular flexibility index (Phi) is 7.29. The fourth-order valence-corrected chi connectivity index (χ4v) is 4.57. The zero-order chi connectivity index (χ0) is 24.2. The number of aliphatic hydroxyl groups excluding tert-OH is 1. The summed E-state index contributed by atoms with van der Waals surface area (Å²) < 4.78 is 24.3. The number of halogens is 1. The molecule has 0 saturated carbocycles. The standard InChI is InChI=1S/C26H29FN2O5/c1-17-16-19(6-9-21(17)33-2)24(30)22-23(18-4-7-20(27)8-5-18)29(26(32)25(22)31)11-3-10-28-12-14-34-15-13-28/h4-9,16,23,30H,3,10-15H2,1-2H3/t23-/m0/s1. The van der Waals surface area contributed by atoms with Gasteiger partial charge in [-0.05, 0) is 54.8 Å². The molecule has 0 aliphatic carbocycles. The van der Waals surface area contributed by atoms with Crippen LogP contribution >= 0.6 is 0 Å². The number of morpholine rings is 1. The van der Waals surface area contributed by atoms with E-state index in [9.17, 15) is 19.1 Å². The average molecular weight is 469 g/mol. The van der Waals surface area contributed by atoms with Gasteiger partial charge in [-0.1, -0.05) is 12.1 Å². The lowest BCUT2D eigenvalue weighted by Gasteiger charge is -2.29. The van der Waals surface area contributed by atoms with Crippen LogP contribution in [-0.2, 0) is 14.3 Å². The first-order valence-electron chi connectivity index (χ1n) is 11.4. The molecule has 2 aromatic carbocycles. The summed E-state index contributed by atoms with van der Waals surface area (Å²) in [5, 5.41) is 11.2. The first-order chi connectivity index (χ1) is 16.4. The minimum atomic E-state index is -0.798. The number of likely N-dealkylation sites (tertiary alicyclic amines) is 1. The number of aryl methyl sites for hydroxylation is 1. The molecule has 2 heterocycles. The number of rotatable bonds is 7. The summed E-state index contributed by atoms with van der Waals surface area (Å²) in [5.74, 6) is -1.43. The average Bonchev–Trinajstić information content (AvgIpc) is 3.09. The quantitative estimate of drug-likeness (QED) is 0.382. The van der Waals surface area contributed by atoms with Gasteiger partial charge in [0.15, 0.2) is 0 Å². The van der Waals surface area contributed by atoms with Crippen molar-refractivity contribution in [3.63, 3.8) is 0 Å². The third kappa shape index (κ3) is 4.83. The molecule has 2 aliphatic heterocycles. The Labute approximate surface area is 198 Å². The number of benzene rings is 2. The second-order valence-corrected chi connectivity index (χ2v) is 8.54. The first kappa shape index (κ1) is 23.9. The molecule has 0 spiro atoms. The van der Waals surface area contributed by atoms with E-state index in [1.54, 1.807) is 37.4 Å². The molecule has 34 heavy (non-hydrogen) atoms. The van der Waals surface area contributed by atoms with Crippen molar-refractivity contribution in [3.8, 4) is 5.75 Å². The van der Waals surface area contributed by atoms with Crippen LogP contribution < -0.4 is 4.74 Å². The van der Waals surface area contributed by atoms with Crippen molar-refractivity contribution in [2.75, 3.05) is 46.5 Å². The largest absolute Gasteiger partial charge is 0.507 e. The molecule has 0 radical (unpaired) electrons. The second-order valence-electron chi connectivity index (χ2n) is 8.54. The summed E-state index contributed by atoms with van der Waals surface area (Å²) in [6.07, 6.45) is 0.659. The molecule has 0 aromatic heterocycles. The summed E-state index contributed by atoms with van der Waals surface area (Å²) in [5.41, 5.74) is 1.77. The zero-order valence-electron chi connectivity index (χ0n) is 19.4. The lowest BCUT2D eigenvalue weighted by atomic mass is 9.94. The maximum absolute atomic E-state index is 13.6. The van der Waals surface area contributed by atoms with Gasteiger partial charge in [0.2, 0.25) is 0 Å². The summed E-state index contributed by atoms with van der Waals surface area (Å²) in [4.78, 5) is 29.9. The molecule has 8 heteroatoms. The van der Waals surface area contributed by atoms with Crippen LogP contribution in [0.1, 0.15) is 29.2 Å². The highest BCUT2D eigenvalue weighted by Gasteiger charge is 2.45. The molecule has 1 atom stereocenters. The summed E-state index contributed by atoms with van der Waals surface area (Å²) in [6.45, 7) is 5.96. The zero-order valence-corrected chi connectivity index (χ0v) is 19.4. The number of methoxy groups -OCH3 is 1. The van der Waals surface area contributed by atoms with Gasteiger partial charge in [-0.2, -0.15) is 0 Å². The Morgan fingerprint density at radius 3 is 2.47 bits per heavy atom. The van der Waals surface area contributed by atoms with Gasteiger partial charge < -0.3 is 19.5 Å². The normalized spacial score (nSPS) is 20.7. The van der Waals surface area contributed by atoms with Gasteiger partial charge in [-0.25, -0.2) is 4.39 Å². The van der Waals surface area contributed by atoms with Crippen LogP contribution in [0.4, 0.5) is 4.39 Å². The van der Waals surface area contributed by atoms with Crippen molar-refractivity contribution in [1.29, 1.82) is 0 Å². The molecule has 0 bridgehead atoms. The minimum Gasteiger partial charge on any atom is -0.507 e. The molecule has 4 rings (SSSR count). The Balaban J connectivity index is 1.68. The highest BCUT2D eigenvalue weighted by molar-refractivity contribution is 6.46. The number of aliphatic hydroxyl groups is 1. The van der Waals surface area contributed by atoms with E-state index in [4.69, 9.17) is 9.47 Å². The molecule has 2 aromatic rings. The molecular weight excluding hydrogens is 439 g/mol. The maximum Gasteiger partial charge on any atom is 0.295 e. The number of nitrogens with zero attached hydrogens (tertiary/aromatic N) is 2. The van der Waals surface area contributed by atoms with E-state index in [0.717, 1.165) is 25.2 Å². The van der Waals surface area contributed by atoms with Crippen LogP contribution in [0.3, 0.4) is 0 Å². The Hall–Kier alpha value is -3.23. The minimum absolute atomic E-state index is 0.00699. The molecule has 7 nitrogen and oxygen atoms in total. The number of hydrogen-bond donors (Lipinski definition) is 1. The van der Waals surface area contributed by atoms with Crippen LogP contribution in [0.2, 0.25) is 0 Å². The number of ether oxygens (including phenoxy) is 2. The lowest BCUT2D eigenvalue weighted by molar-refractivity contribution is -0.140. The first-order valence-corrected chi connectivity index (χ1v) is 11.4. The second kappa shape index (κ2) is 10.4. The molecule has 2 saturated heterocycles. The number of carbonyl (C=O) groups is 2. The van der Waals surface area contributed by atoms with E-state index in [2.05, 4.69) is 4.90 Å². The van der Waals surface area contributed by atoms with Crippen LogP contribution in [0.15, 0.2) is 48.0 Å². The highest BCUT2D eigenvalue weighted by atomic mass is 19.1. The Morgan fingerprint density at radius 1 is 1.12 bits per heavy atom. The number of amides is 1. The summed E-state index contributed by atoms with van der Waals surface area (Å²) >= 11 is 0. The van der Waals surface area contributed by atoms with Gasteiger partial charge in [0.25, 0.3) is 11.7 Å². The number of Topliss-reactive ketones (excluding diaryl/α,β-unsaturated/α-hetero) is 1. The molecule has 2 fully saturated rings. The highest BCUT2D eigenvalue weighted by Crippen LogP contribution is 2.40. The SMILES string of the molecule is COc1ccc(C(O)=C2C(=O)C(=O)N(CCCN3CCOCC3)[C@H]2c2ccc(F)cc2)cc1C. The van der Waals surface area contributed by atoms with Crippen molar-refractivity contribution in [3.05, 3.63) is 70.5 Å². The number of ketones is 1. The van der Waals surface area contributed by atoms with Crippen molar-refractivity contribution < 1.29 is 28.6 Å². The monoisotopic (exact) mass is 468 g/mol.